The summed E-state index contributed by atoms with van der Waals surface area (Å²) < 4.78 is 16.9. The van der Waals surface area contributed by atoms with Gasteiger partial charge in [-0.3, -0.25) is 4.79 Å². The molecule has 3 rings (SSSR count). The number of H-pyrrole nitrogens is 1. The van der Waals surface area contributed by atoms with Gasteiger partial charge in [0.1, 0.15) is 17.9 Å². The van der Waals surface area contributed by atoms with Gasteiger partial charge in [0.2, 0.25) is 0 Å². The second-order valence-corrected chi connectivity index (χ2v) is 7.73. The van der Waals surface area contributed by atoms with Gasteiger partial charge in [-0.15, -0.1) is 0 Å². The van der Waals surface area contributed by atoms with E-state index in [0.29, 0.717) is 41.4 Å². The van der Waals surface area contributed by atoms with Crippen LogP contribution in [0.3, 0.4) is 0 Å². The zero-order valence-electron chi connectivity index (χ0n) is 17.6. The van der Waals surface area contributed by atoms with Crippen LogP contribution in [0.1, 0.15) is 58.4 Å². The topological polar surface area (TPSA) is 89.7 Å². The minimum Gasteiger partial charge on any atom is -0.488 e. The van der Waals surface area contributed by atoms with Crippen molar-refractivity contribution in [2.75, 3.05) is 19.8 Å². The Hall–Kier alpha value is -2.96. The van der Waals surface area contributed by atoms with Crippen LogP contribution >= 0.6 is 0 Å². The molecule has 0 bridgehead atoms. The molecule has 1 aliphatic heterocycles. The molecule has 0 atom stereocenters. The van der Waals surface area contributed by atoms with Crippen LogP contribution in [-0.4, -0.2) is 42.2 Å². The molecule has 29 heavy (non-hydrogen) atoms. The Morgan fingerprint density at radius 3 is 2.76 bits per heavy atom. The minimum absolute atomic E-state index is 0.240. The number of hydrogen-bond acceptors (Lipinski definition) is 5. The fraction of sp³-hybridized carbons (Fsp3) is 0.455. The number of nitrogens with one attached hydrogen (secondary N) is 2. The van der Waals surface area contributed by atoms with Crippen LogP contribution < -0.4 is 14.8 Å². The highest BCUT2D eigenvalue weighted by Gasteiger charge is 2.32. The Balaban J connectivity index is 1.58. The fourth-order valence-corrected chi connectivity index (χ4v) is 3.60. The minimum atomic E-state index is -0.429. The standard InChI is InChI=1S/C22H28N2O5/c1-6-27-21(26)17-13(2)18(24-14(17)3)20(25)23-10-11-28-16-9-7-8-15-12-22(4,5)29-19(15)16/h7-9,24H,6,10-12H2,1-5H3,(H,23,25). The molecule has 1 aromatic heterocycles. The summed E-state index contributed by atoms with van der Waals surface area (Å²) in [6.45, 7) is 10.2. The number of hydrogen-bond donors (Lipinski definition) is 2. The van der Waals surface area contributed by atoms with E-state index in [4.69, 9.17) is 14.2 Å². The third-order valence-corrected chi connectivity index (χ3v) is 4.84. The van der Waals surface area contributed by atoms with E-state index in [1.807, 2.05) is 32.0 Å². The molecule has 0 saturated heterocycles. The van der Waals surface area contributed by atoms with Gasteiger partial charge in [-0.2, -0.15) is 0 Å². The van der Waals surface area contributed by atoms with Gasteiger partial charge in [0, 0.05) is 17.7 Å². The summed E-state index contributed by atoms with van der Waals surface area (Å²) in [5, 5.41) is 2.82. The molecule has 2 heterocycles. The van der Waals surface area contributed by atoms with Crippen molar-refractivity contribution in [1.82, 2.24) is 10.3 Å². The maximum absolute atomic E-state index is 12.5. The van der Waals surface area contributed by atoms with Gasteiger partial charge in [0.25, 0.3) is 5.91 Å². The van der Waals surface area contributed by atoms with Crippen molar-refractivity contribution >= 4 is 11.9 Å². The summed E-state index contributed by atoms with van der Waals surface area (Å²) in [6.07, 6.45) is 0.838. The maximum atomic E-state index is 12.5. The molecule has 2 N–H and O–H groups in total. The number of ether oxygens (including phenoxy) is 3. The van der Waals surface area contributed by atoms with E-state index in [2.05, 4.69) is 10.3 Å². The van der Waals surface area contributed by atoms with Crippen LogP contribution in [0.4, 0.5) is 0 Å². The molecule has 1 aromatic carbocycles. The van der Waals surface area contributed by atoms with Crippen molar-refractivity contribution in [3.63, 3.8) is 0 Å². The Labute approximate surface area is 170 Å². The van der Waals surface area contributed by atoms with Crippen molar-refractivity contribution in [3.05, 3.63) is 46.3 Å². The third-order valence-electron chi connectivity index (χ3n) is 4.84. The molecule has 1 aliphatic rings. The van der Waals surface area contributed by atoms with Crippen LogP contribution in [0.2, 0.25) is 0 Å². The van der Waals surface area contributed by atoms with E-state index in [0.717, 1.165) is 17.7 Å². The normalized spacial score (nSPS) is 14.1. The van der Waals surface area contributed by atoms with Gasteiger partial charge < -0.3 is 24.5 Å². The molecule has 7 heteroatoms. The molecule has 0 radical (unpaired) electrons. The van der Waals surface area contributed by atoms with Gasteiger partial charge in [-0.1, -0.05) is 12.1 Å². The molecule has 156 valence electrons. The van der Waals surface area contributed by atoms with Crippen LogP contribution in [0.25, 0.3) is 0 Å². The molecular weight excluding hydrogens is 372 g/mol. The zero-order valence-corrected chi connectivity index (χ0v) is 17.6. The molecule has 0 aliphatic carbocycles. The number of aromatic amines is 1. The average molecular weight is 400 g/mol. The number of benzene rings is 1. The van der Waals surface area contributed by atoms with E-state index in [1.54, 1.807) is 20.8 Å². The SMILES string of the molecule is CCOC(=O)c1c(C)[nH]c(C(=O)NCCOc2cccc3c2OC(C)(C)C3)c1C. The number of aryl methyl sites for hydroxylation is 1. The molecule has 2 aromatic rings. The highest BCUT2D eigenvalue weighted by atomic mass is 16.5. The lowest BCUT2D eigenvalue weighted by Crippen LogP contribution is -2.29. The summed E-state index contributed by atoms with van der Waals surface area (Å²) in [4.78, 5) is 27.6. The highest BCUT2D eigenvalue weighted by molar-refractivity contribution is 6.00. The number of carbonyl (C=O) groups is 2. The van der Waals surface area contributed by atoms with Gasteiger partial charge in [0.15, 0.2) is 11.5 Å². The summed E-state index contributed by atoms with van der Waals surface area (Å²) in [7, 11) is 0. The Morgan fingerprint density at radius 1 is 1.28 bits per heavy atom. The highest BCUT2D eigenvalue weighted by Crippen LogP contribution is 2.41. The number of rotatable bonds is 7. The second kappa shape index (κ2) is 8.19. The first kappa shape index (κ1) is 20.8. The van der Waals surface area contributed by atoms with Crippen molar-refractivity contribution in [2.24, 2.45) is 0 Å². The first-order valence-corrected chi connectivity index (χ1v) is 9.81. The molecule has 0 spiro atoms. The van der Waals surface area contributed by atoms with E-state index in [1.165, 1.54) is 0 Å². The van der Waals surface area contributed by atoms with E-state index in [-0.39, 0.29) is 18.1 Å². The Bertz CT molecular complexity index is 930. The number of amides is 1. The zero-order chi connectivity index (χ0) is 21.2. The van der Waals surface area contributed by atoms with Crippen molar-refractivity contribution in [3.8, 4) is 11.5 Å². The lowest BCUT2D eigenvalue weighted by molar-refractivity contribution is 0.0525. The largest absolute Gasteiger partial charge is 0.488 e. The number of carbonyl (C=O) groups excluding carboxylic acids is 2. The average Bonchev–Trinajstić information content (AvgIpc) is 3.13. The predicted molar refractivity (Wildman–Crippen MR) is 109 cm³/mol. The van der Waals surface area contributed by atoms with Crippen LogP contribution in [0.15, 0.2) is 18.2 Å². The molecular formula is C22H28N2O5. The van der Waals surface area contributed by atoms with Crippen LogP contribution in [-0.2, 0) is 11.2 Å². The first-order valence-electron chi connectivity index (χ1n) is 9.81. The molecule has 0 saturated carbocycles. The van der Waals surface area contributed by atoms with E-state index >= 15 is 0 Å². The van der Waals surface area contributed by atoms with Crippen LogP contribution in [0.5, 0.6) is 11.5 Å². The first-order chi connectivity index (χ1) is 13.7. The van der Waals surface area contributed by atoms with Crippen molar-refractivity contribution in [1.29, 1.82) is 0 Å². The fourth-order valence-electron chi connectivity index (χ4n) is 3.60. The van der Waals surface area contributed by atoms with Crippen molar-refractivity contribution in [2.45, 2.75) is 46.6 Å². The molecule has 0 fully saturated rings. The molecule has 1 amide bonds. The Morgan fingerprint density at radius 2 is 2.03 bits per heavy atom. The van der Waals surface area contributed by atoms with E-state index < -0.39 is 5.97 Å². The van der Waals surface area contributed by atoms with Crippen molar-refractivity contribution < 1.29 is 23.8 Å². The smallest absolute Gasteiger partial charge is 0.340 e. The number of fused-ring (bicyclic) bond motifs is 1. The number of para-hydroxylation sites is 1. The van der Waals surface area contributed by atoms with Gasteiger partial charge in [-0.25, -0.2) is 4.79 Å². The number of esters is 1. The van der Waals surface area contributed by atoms with Gasteiger partial charge >= 0.3 is 5.97 Å². The lowest BCUT2D eigenvalue weighted by Gasteiger charge is -2.18. The summed E-state index contributed by atoms with van der Waals surface area (Å²) in [5.41, 5.74) is 2.85. The summed E-state index contributed by atoms with van der Waals surface area (Å²) in [6, 6.07) is 5.85. The third kappa shape index (κ3) is 4.39. The summed E-state index contributed by atoms with van der Waals surface area (Å²) in [5.74, 6) is 0.736. The summed E-state index contributed by atoms with van der Waals surface area (Å²) >= 11 is 0. The second-order valence-electron chi connectivity index (χ2n) is 7.73. The van der Waals surface area contributed by atoms with Crippen LogP contribution in [0, 0.1) is 13.8 Å². The quantitative estimate of drug-likeness (QED) is 0.550. The lowest BCUT2D eigenvalue weighted by atomic mass is 10.0. The monoisotopic (exact) mass is 400 g/mol. The Kier molecular flexibility index (Phi) is 5.86. The molecule has 7 nitrogen and oxygen atoms in total. The van der Waals surface area contributed by atoms with E-state index in [9.17, 15) is 9.59 Å². The maximum Gasteiger partial charge on any atom is 0.340 e. The van der Waals surface area contributed by atoms with Gasteiger partial charge in [-0.05, 0) is 46.2 Å². The van der Waals surface area contributed by atoms with Gasteiger partial charge in [0.05, 0.1) is 18.7 Å². The predicted octanol–water partition coefficient (Wildman–Crippen LogP) is 3.33. The molecule has 0 unspecified atom stereocenters. The number of aromatic nitrogens is 1.